The topological polar surface area (TPSA) is 62.3 Å². The van der Waals surface area contributed by atoms with E-state index >= 15 is 0 Å². The molecule has 3 aliphatic rings. The molecule has 0 unspecified atom stereocenters. The highest BCUT2D eigenvalue weighted by molar-refractivity contribution is 5.78. The predicted molar refractivity (Wildman–Crippen MR) is 104 cm³/mol. The van der Waals surface area contributed by atoms with Gasteiger partial charge in [0.25, 0.3) is 0 Å². The quantitative estimate of drug-likeness (QED) is 0.761. The van der Waals surface area contributed by atoms with Crippen LogP contribution in [0.25, 0.3) is 0 Å². The molecule has 28 heavy (non-hydrogen) atoms. The molecular weight excluding hydrogens is 358 g/mol. The number of benzene rings is 1. The van der Waals surface area contributed by atoms with Crippen LogP contribution in [0.4, 0.5) is 0 Å². The largest absolute Gasteiger partial charge is 0.485 e. The number of likely N-dealkylation sites (tertiary alicyclic amines) is 1. The Balaban J connectivity index is 1.42. The number of hydrogen-bond donors (Lipinski definition) is 0. The monoisotopic (exact) mass is 387 g/mol. The second kappa shape index (κ2) is 8.09. The number of rotatable bonds is 2. The molecule has 0 atom stereocenters. The third kappa shape index (κ3) is 4.15. The lowest BCUT2D eigenvalue weighted by Crippen LogP contribution is -2.55. The summed E-state index contributed by atoms with van der Waals surface area (Å²) in [5, 5.41) is 0. The zero-order valence-corrected chi connectivity index (χ0v) is 16.6. The molecule has 0 bridgehead atoms. The molecule has 0 radical (unpaired) electrons. The maximum Gasteiger partial charge on any atom is 0.236 e. The zero-order chi connectivity index (χ0) is 19.6. The lowest BCUT2D eigenvalue weighted by atomic mass is 9.90. The number of para-hydroxylation sites is 1. The number of ether oxygens (including phenoxy) is 2. The summed E-state index contributed by atoms with van der Waals surface area (Å²) in [7, 11) is 0. The van der Waals surface area contributed by atoms with E-state index in [1.807, 2.05) is 34.1 Å². The number of fused-ring (bicyclic) bond motifs is 1. The summed E-state index contributed by atoms with van der Waals surface area (Å²) in [5.74, 6) is 1.13. The number of carbonyl (C=O) groups excluding carboxylic acids is 2. The van der Waals surface area contributed by atoms with E-state index in [0.717, 1.165) is 37.2 Å². The van der Waals surface area contributed by atoms with Gasteiger partial charge in [0.05, 0.1) is 26.3 Å². The Labute approximate surface area is 166 Å². The molecule has 7 heteroatoms. The second-order valence-electron chi connectivity index (χ2n) is 8.04. The number of amides is 2. The minimum absolute atomic E-state index is 0.0737. The minimum Gasteiger partial charge on any atom is -0.485 e. The van der Waals surface area contributed by atoms with Crippen LogP contribution in [0.5, 0.6) is 5.75 Å². The van der Waals surface area contributed by atoms with Crippen molar-refractivity contribution in [3.8, 4) is 5.75 Å². The Morgan fingerprint density at radius 1 is 1.04 bits per heavy atom. The number of nitrogens with zero attached hydrogens (tertiary/aromatic N) is 3. The van der Waals surface area contributed by atoms with Gasteiger partial charge >= 0.3 is 0 Å². The lowest BCUT2D eigenvalue weighted by molar-refractivity contribution is -0.137. The van der Waals surface area contributed by atoms with Crippen molar-refractivity contribution in [2.24, 2.45) is 0 Å². The van der Waals surface area contributed by atoms with E-state index in [1.54, 1.807) is 6.92 Å². The molecule has 2 fully saturated rings. The van der Waals surface area contributed by atoms with Crippen molar-refractivity contribution in [3.05, 3.63) is 29.8 Å². The highest BCUT2D eigenvalue weighted by atomic mass is 16.5. The van der Waals surface area contributed by atoms with E-state index in [9.17, 15) is 9.59 Å². The van der Waals surface area contributed by atoms with Gasteiger partial charge in [-0.15, -0.1) is 0 Å². The van der Waals surface area contributed by atoms with Crippen molar-refractivity contribution in [3.63, 3.8) is 0 Å². The van der Waals surface area contributed by atoms with E-state index in [0.29, 0.717) is 45.9 Å². The molecule has 3 heterocycles. The summed E-state index contributed by atoms with van der Waals surface area (Å²) in [4.78, 5) is 30.7. The first kappa shape index (κ1) is 19.2. The van der Waals surface area contributed by atoms with Crippen LogP contribution in [0.1, 0.15) is 25.3 Å². The molecule has 0 saturated carbocycles. The Bertz CT molecular complexity index is 724. The summed E-state index contributed by atoms with van der Waals surface area (Å²) in [5.41, 5.74) is 0.677. The highest BCUT2D eigenvalue weighted by Crippen LogP contribution is 2.35. The minimum atomic E-state index is -0.378. The van der Waals surface area contributed by atoms with Gasteiger partial charge < -0.3 is 19.3 Å². The van der Waals surface area contributed by atoms with Crippen molar-refractivity contribution >= 4 is 11.8 Å². The first-order valence-electron chi connectivity index (χ1n) is 10.1. The van der Waals surface area contributed by atoms with Crippen molar-refractivity contribution in [2.75, 3.05) is 52.5 Å². The first-order valence-corrected chi connectivity index (χ1v) is 10.1. The maximum absolute atomic E-state index is 12.5. The second-order valence-corrected chi connectivity index (χ2v) is 8.04. The Kier molecular flexibility index (Phi) is 5.55. The molecule has 0 aliphatic carbocycles. The van der Waals surface area contributed by atoms with Gasteiger partial charge in [0.15, 0.2) is 0 Å². The van der Waals surface area contributed by atoms with Crippen LogP contribution < -0.4 is 4.74 Å². The van der Waals surface area contributed by atoms with Crippen LogP contribution in [-0.4, -0.2) is 84.6 Å². The number of hydrogen-bond acceptors (Lipinski definition) is 5. The molecular formula is C21H29N3O4. The summed E-state index contributed by atoms with van der Waals surface area (Å²) < 4.78 is 11.8. The molecule has 152 valence electrons. The molecule has 3 aliphatic heterocycles. The van der Waals surface area contributed by atoms with Gasteiger partial charge in [0, 0.05) is 58.1 Å². The van der Waals surface area contributed by atoms with E-state index in [-0.39, 0.29) is 17.4 Å². The summed E-state index contributed by atoms with van der Waals surface area (Å²) >= 11 is 0. The Morgan fingerprint density at radius 3 is 2.46 bits per heavy atom. The predicted octanol–water partition coefficient (Wildman–Crippen LogP) is 1.12. The number of carbonyl (C=O) groups is 2. The van der Waals surface area contributed by atoms with Crippen molar-refractivity contribution in [1.29, 1.82) is 0 Å². The summed E-state index contributed by atoms with van der Waals surface area (Å²) in [6.07, 6.45) is 1.61. The van der Waals surface area contributed by atoms with Crippen molar-refractivity contribution in [2.45, 2.75) is 31.9 Å². The molecule has 0 N–H and O–H groups in total. The highest BCUT2D eigenvalue weighted by Gasteiger charge is 2.41. The Morgan fingerprint density at radius 2 is 1.75 bits per heavy atom. The molecule has 1 aromatic rings. The maximum atomic E-state index is 12.5. The molecule has 7 nitrogen and oxygen atoms in total. The van der Waals surface area contributed by atoms with Crippen LogP contribution >= 0.6 is 0 Å². The van der Waals surface area contributed by atoms with Crippen LogP contribution in [0.3, 0.4) is 0 Å². The van der Waals surface area contributed by atoms with Gasteiger partial charge in [0.1, 0.15) is 11.4 Å². The number of piperidine rings is 1. The zero-order valence-electron chi connectivity index (χ0n) is 16.6. The van der Waals surface area contributed by atoms with Gasteiger partial charge in [-0.05, 0) is 6.07 Å². The summed E-state index contributed by atoms with van der Waals surface area (Å²) in [6, 6.07) is 7.99. The van der Waals surface area contributed by atoms with Gasteiger partial charge in [0.2, 0.25) is 11.8 Å². The normalized spacial score (nSPS) is 22.3. The van der Waals surface area contributed by atoms with Crippen LogP contribution in [0.2, 0.25) is 0 Å². The molecule has 4 rings (SSSR count). The number of morpholine rings is 1. The smallest absolute Gasteiger partial charge is 0.236 e. The molecule has 2 saturated heterocycles. The SMILES string of the molecule is CC(=O)N1Cc2ccccc2OC2(CCN(CC(=O)N3CCOCC3)CC2)C1. The van der Waals surface area contributed by atoms with Crippen LogP contribution in [0.15, 0.2) is 24.3 Å². The van der Waals surface area contributed by atoms with Crippen molar-refractivity contribution < 1.29 is 19.1 Å². The van der Waals surface area contributed by atoms with Crippen molar-refractivity contribution in [1.82, 2.24) is 14.7 Å². The molecule has 0 aromatic heterocycles. The Hall–Kier alpha value is -2.12. The fourth-order valence-electron chi connectivity index (χ4n) is 4.31. The van der Waals surface area contributed by atoms with E-state index in [2.05, 4.69) is 4.90 Å². The van der Waals surface area contributed by atoms with Gasteiger partial charge in [-0.3, -0.25) is 14.5 Å². The van der Waals surface area contributed by atoms with Gasteiger partial charge in [-0.25, -0.2) is 0 Å². The van der Waals surface area contributed by atoms with E-state index in [1.165, 1.54) is 0 Å². The lowest BCUT2D eigenvalue weighted by Gasteiger charge is -2.43. The third-order valence-corrected chi connectivity index (χ3v) is 6.07. The van der Waals surface area contributed by atoms with Crippen LogP contribution in [0, 0.1) is 0 Å². The standard InChI is InChI=1S/C21H29N3O4/c1-17(25)24-14-18-4-2-3-5-19(18)28-21(16-24)6-8-22(9-7-21)15-20(26)23-10-12-27-13-11-23/h2-5H,6-16H2,1H3. The van der Waals surface area contributed by atoms with Gasteiger partial charge in [-0.2, -0.15) is 0 Å². The molecule has 2 amide bonds. The van der Waals surface area contributed by atoms with Gasteiger partial charge in [-0.1, -0.05) is 18.2 Å². The average molecular weight is 387 g/mol. The van der Waals surface area contributed by atoms with E-state index in [4.69, 9.17) is 9.47 Å². The fourth-order valence-corrected chi connectivity index (χ4v) is 4.31. The fraction of sp³-hybridized carbons (Fsp3) is 0.619. The average Bonchev–Trinajstić information content (AvgIpc) is 2.87. The van der Waals surface area contributed by atoms with Crippen LogP contribution in [-0.2, 0) is 20.9 Å². The summed E-state index contributed by atoms with van der Waals surface area (Å²) in [6.45, 7) is 7.48. The van der Waals surface area contributed by atoms with E-state index < -0.39 is 0 Å². The third-order valence-electron chi connectivity index (χ3n) is 6.07. The molecule has 1 spiro atoms. The molecule has 1 aromatic carbocycles. The first-order chi connectivity index (χ1) is 13.5.